The molecule has 1 aliphatic heterocycles. The number of aryl methyl sites for hydroxylation is 1. The molecule has 0 bridgehead atoms. The van der Waals surface area contributed by atoms with E-state index in [-0.39, 0.29) is 11.7 Å². The van der Waals surface area contributed by atoms with Crippen LogP contribution in [0, 0.1) is 12.7 Å². The van der Waals surface area contributed by atoms with Crippen LogP contribution in [0.3, 0.4) is 0 Å². The van der Waals surface area contributed by atoms with Crippen molar-refractivity contribution in [3.63, 3.8) is 0 Å². The molecule has 1 saturated heterocycles. The van der Waals surface area contributed by atoms with Gasteiger partial charge in [-0.1, -0.05) is 6.07 Å². The van der Waals surface area contributed by atoms with Gasteiger partial charge in [-0.2, -0.15) is 0 Å². The highest BCUT2D eigenvalue weighted by Gasteiger charge is 2.26. The molecule has 0 aliphatic carbocycles. The topological polar surface area (TPSA) is 36.4 Å². The highest BCUT2D eigenvalue weighted by molar-refractivity contribution is 7.22. The molecule has 26 heavy (non-hydrogen) atoms. The molecule has 7 heteroatoms. The fraction of sp³-hybridized carbons (Fsp3) is 0.263. The number of piperazine rings is 1. The summed E-state index contributed by atoms with van der Waals surface area (Å²) in [5.41, 5.74) is 1.79. The van der Waals surface area contributed by atoms with E-state index in [9.17, 15) is 9.18 Å². The number of halogens is 1. The predicted octanol–water partition coefficient (Wildman–Crippen LogP) is 4.28. The Morgan fingerprint density at radius 2 is 1.85 bits per heavy atom. The van der Waals surface area contributed by atoms with Gasteiger partial charge in [0, 0.05) is 31.9 Å². The molecule has 1 aromatic carbocycles. The minimum Gasteiger partial charge on any atom is -0.368 e. The van der Waals surface area contributed by atoms with Gasteiger partial charge < -0.3 is 9.80 Å². The fourth-order valence-electron chi connectivity index (χ4n) is 3.06. The van der Waals surface area contributed by atoms with Crippen molar-refractivity contribution in [1.29, 1.82) is 0 Å². The zero-order valence-electron chi connectivity index (χ0n) is 14.3. The Labute approximate surface area is 159 Å². The number of amides is 1. The SMILES string of the molecule is Cc1nc(-c2cccs2)sc1C(=O)N1CCN(c2ccc(F)cc2)CC1. The van der Waals surface area contributed by atoms with Crippen molar-refractivity contribution in [2.45, 2.75) is 6.92 Å². The third-order valence-corrected chi connectivity index (χ3v) is 6.67. The lowest BCUT2D eigenvalue weighted by Crippen LogP contribution is -2.48. The Morgan fingerprint density at radius 3 is 2.50 bits per heavy atom. The zero-order chi connectivity index (χ0) is 18.1. The lowest BCUT2D eigenvalue weighted by Gasteiger charge is -2.36. The first-order valence-corrected chi connectivity index (χ1v) is 10.1. The summed E-state index contributed by atoms with van der Waals surface area (Å²) in [6.07, 6.45) is 0. The van der Waals surface area contributed by atoms with Crippen molar-refractivity contribution < 1.29 is 9.18 Å². The number of carbonyl (C=O) groups excluding carboxylic acids is 1. The van der Waals surface area contributed by atoms with E-state index in [2.05, 4.69) is 9.88 Å². The molecule has 0 spiro atoms. The standard InChI is InChI=1S/C19H18FN3OS2/c1-13-17(26-18(21-13)16-3-2-12-25-16)19(24)23-10-8-22(9-11-23)15-6-4-14(20)5-7-15/h2-7,12H,8-11H2,1H3. The number of hydrogen-bond donors (Lipinski definition) is 0. The average Bonchev–Trinajstić information content (AvgIpc) is 3.31. The van der Waals surface area contributed by atoms with Crippen LogP contribution < -0.4 is 4.90 Å². The molecule has 3 aromatic rings. The van der Waals surface area contributed by atoms with Gasteiger partial charge in [-0.25, -0.2) is 9.37 Å². The van der Waals surface area contributed by atoms with Crippen molar-refractivity contribution in [2.24, 2.45) is 0 Å². The van der Waals surface area contributed by atoms with Crippen LogP contribution in [0.2, 0.25) is 0 Å². The van der Waals surface area contributed by atoms with Gasteiger partial charge in [-0.05, 0) is 42.6 Å². The van der Waals surface area contributed by atoms with Crippen LogP contribution in [-0.2, 0) is 0 Å². The molecule has 0 saturated carbocycles. The molecule has 0 N–H and O–H groups in total. The molecule has 1 amide bonds. The maximum atomic E-state index is 13.1. The highest BCUT2D eigenvalue weighted by atomic mass is 32.1. The molecule has 1 fully saturated rings. The second-order valence-corrected chi connectivity index (χ2v) is 8.11. The quantitative estimate of drug-likeness (QED) is 0.673. The lowest BCUT2D eigenvalue weighted by molar-refractivity contribution is 0.0750. The third-order valence-electron chi connectivity index (χ3n) is 4.48. The largest absolute Gasteiger partial charge is 0.368 e. The summed E-state index contributed by atoms with van der Waals surface area (Å²) in [6, 6.07) is 10.5. The van der Waals surface area contributed by atoms with Gasteiger partial charge in [0.1, 0.15) is 15.7 Å². The van der Waals surface area contributed by atoms with E-state index in [1.165, 1.54) is 23.5 Å². The molecule has 0 atom stereocenters. The van der Waals surface area contributed by atoms with Crippen LogP contribution >= 0.6 is 22.7 Å². The molecular weight excluding hydrogens is 369 g/mol. The Bertz CT molecular complexity index is 898. The summed E-state index contributed by atoms with van der Waals surface area (Å²) in [5.74, 6) is -0.175. The van der Waals surface area contributed by atoms with E-state index in [1.807, 2.05) is 29.3 Å². The fourth-order valence-corrected chi connectivity index (χ4v) is 4.89. The number of thiazole rings is 1. The van der Waals surface area contributed by atoms with Crippen LogP contribution in [0.15, 0.2) is 41.8 Å². The molecule has 1 aliphatic rings. The second kappa shape index (κ2) is 7.17. The number of anilines is 1. The molecule has 3 heterocycles. The van der Waals surface area contributed by atoms with E-state index in [0.717, 1.165) is 39.2 Å². The van der Waals surface area contributed by atoms with Crippen LogP contribution in [-0.4, -0.2) is 42.0 Å². The molecule has 134 valence electrons. The van der Waals surface area contributed by atoms with Gasteiger partial charge in [0.2, 0.25) is 0 Å². The van der Waals surface area contributed by atoms with Crippen molar-refractivity contribution in [1.82, 2.24) is 9.88 Å². The van der Waals surface area contributed by atoms with E-state index in [1.54, 1.807) is 23.5 Å². The van der Waals surface area contributed by atoms with Crippen molar-refractivity contribution in [3.05, 3.63) is 58.2 Å². The first kappa shape index (κ1) is 17.2. The number of aromatic nitrogens is 1. The predicted molar refractivity (Wildman–Crippen MR) is 105 cm³/mol. The highest BCUT2D eigenvalue weighted by Crippen LogP contribution is 2.32. The van der Waals surface area contributed by atoms with Gasteiger partial charge in [0.15, 0.2) is 0 Å². The number of hydrogen-bond acceptors (Lipinski definition) is 5. The second-order valence-electron chi connectivity index (χ2n) is 6.17. The summed E-state index contributed by atoms with van der Waals surface area (Å²) in [4.78, 5) is 23.4. The number of benzene rings is 1. The molecule has 4 rings (SSSR count). The van der Waals surface area contributed by atoms with Crippen LogP contribution in [0.25, 0.3) is 9.88 Å². The third kappa shape index (κ3) is 3.37. The average molecular weight is 388 g/mol. The number of nitrogens with zero attached hydrogens (tertiary/aromatic N) is 3. The van der Waals surface area contributed by atoms with E-state index < -0.39 is 0 Å². The van der Waals surface area contributed by atoms with Gasteiger partial charge in [-0.15, -0.1) is 22.7 Å². The Kier molecular flexibility index (Phi) is 4.74. The van der Waals surface area contributed by atoms with Crippen molar-refractivity contribution in [2.75, 3.05) is 31.1 Å². The van der Waals surface area contributed by atoms with Crippen LogP contribution in [0.5, 0.6) is 0 Å². The van der Waals surface area contributed by atoms with Crippen molar-refractivity contribution in [3.8, 4) is 9.88 Å². The maximum absolute atomic E-state index is 13.1. The zero-order valence-corrected chi connectivity index (χ0v) is 15.9. The first-order valence-electron chi connectivity index (χ1n) is 8.43. The summed E-state index contributed by atoms with van der Waals surface area (Å²) < 4.78 is 13.1. The van der Waals surface area contributed by atoms with Crippen LogP contribution in [0.1, 0.15) is 15.4 Å². The minimum absolute atomic E-state index is 0.0570. The molecule has 2 aromatic heterocycles. The summed E-state index contributed by atoms with van der Waals surface area (Å²) in [7, 11) is 0. The summed E-state index contributed by atoms with van der Waals surface area (Å²) >= 11 is 3.10. The van der Waals surface area contributed by atoms with Gasteiger partial charge in [-0.3, -0.25) is 4.79 Å². The van der Waals surface area contributed by atoms with E-state index >= 15 is 0 Å². The summed E-state index contributed by atoms with van der Waals surface area (Å²) in [5, 5.41) is 2.92. The molecule has 0 unspecified atom stereocenters. The van der Waals surface area contributed by atoms with Crippen LogP contribution in [0.4, 0.5) is 10.1 Å². The van der Waals surface area contributed by atoms with Gasteiger partial charge in [0.05, 0.1) is 10.6 Å². The Balaban J connectivity index is 1.44. The minimum atomic E-state index is -0.232. The smallest absolute Gasteiger partial charge is 0.265 e. The van der Waals surface area contributed by atoms with Gasteiger partial charge in [0.25, 0.3) is 5.91 Å². The first-order chi connectivity index (χ1) is 12.6. The number of rotatable bonds is 3. The summed E-state index contributed by atoms with van der Waals surface area (Å²) in [6.45, 7) is 4.69. The Morgan fingerprint density at radius 1 is 1.12 bits per heavy atom. The molecule has 4 nitrogen and oxygen atoms in total. The van der Waals surface area contributed by atoms with E-state index in [0.29, 0.717) is 13.1 Å². The van der Waals surface area contributed by atoms with E-state index in [4.69, 9.17) is 0 Å². The number of thiophene rings is 1. The Hall–Kier alpha value is -2.25. The van der Waals surface area contributed by atoms with Gasteiger partial charge >= 0.3 is 0 Å². The molecular formula is C19H18FN3OS2. The lowest BCUT2D eigenvalue weighted by atomic mass is 10.2. The number of carbonyl (C=O) groups is 1. The monoisotopic (exact) mass is 387 g/mol. The molecule has 0 radical (unpaired) electrons. The maximum Gasteiger partial charge on any atom is 0.265 e. The van der Waals surface area contributed by atoms with Crippen molar-refractivity contribution >= 4 is 34.3 Å². The normalized spacial score (nSPS) is 14.7.